The summed E-state index contributed by atoms with van der Waals surface area (Å²) in [5, 5.41) is 0. The maximum absolute atomic E-state index is 12.0. The largest absolute Gasteiger partial charge is 0.496 e. The van der Waals surface area contributed by atoms with E-state index in [0.717, 1.165) is 11.1 Å². The number of hydrogen-bond donors (Lipinski definition) is 2. The van der Waals surface area contributed by atoms with Gasteiger partial charge in [0, 0.05) is 10.0 Å². The van der Waals surface area contributed by atoms with E-state index in [2.05, 4.69) is 26.8 Å². The van der Waals surface area contributed by atoms with Crippen LogP contribution < -0.4 is 15.6 Å². The first-order valence-electron chi connectivity index (χ1n) is 6.98. The highest BCUT2D eigenvalue weighted by Crippen LogP contribution is 2.20. The van der Waals surface area contributed by atoms with Crippen LogP contribution in [-0.2, 0) is 11.2 Å². The highest BCUT2D eigenvalue weighted by Gasteiger charge is 2.12. The van der Waals surface area contributed by atoms with Crippen LogP contribution in [0.2, 0.25) is 0 Å². The number of methoxy groups -OCH3 is 1. The lowest BCUT2D eigenvalue weighted by Crippen LogP contribution is -2.42. The molecule has 6 heteroatoms. The van der Waals surface area contributed by atoms with Gasteiger partial charge in [-0.3, -0.25) is 20.4 Å². The molecule has 5 nitrogen and oxygen atoms in total. The Hall–Kier alpha value is -2.34. The molecular weight excluding hydrogens is 360 g/mol. The molecule has 0 aliphatic heterocycles. The molecule has 0 aliphatic carbocycles. The van der Waals surface area contributed by atoms with E-state index in [9.17, 15) is 9.59 Å². The van der Waals surface area contributed by atoms with Gasteiger partial charge in [-0.15, -0.1) is 0 Å². The molecule has 0 aliphatic rings. The van der Waals surface area contributed by atoms with Crippen LogP contribution in [0.25, 0.3) is 0 Å². The van der Waals surface area contributed by atoms with E-state index in [0.29, 0.717) is 15.8 Å². The third-order valence-electron chi connectivity index (χ3n) is 3.22. The third kappa shape index (κ3) is 4.56. The molecule has 0 unspecified atom stereocenters. The van der Waals surface area contributed by atoms with Gasteiger partial charge in [0.15, 0.2) is 0 Å². The Morgan fingerprint density at radius 2 is 1.87 bits per heavy atom. The first-order chi connectivity index (χ1) is 11.0. The van der Waals surface area contributed by atoms with Crippen molar-refractivity contribution in [3.8, 4) is 5.75 Å². The second-order valence-corrected chi connectivity index (χ2v) is 5.83. The lowest BCUT2D eigenvalue weighted by Gasteiger charge is -2.11. The Balaban J connectivity index is 1.97. The fraction of sp³-hybridized carbons (Fsp3) is 0.176. The van der Waals surface area contributed by atoms with Crippen LogP contribution >= 0.6 is 15.9 Å². The molecule has 0 heterocycles. The Morgan fingerprint density at radius 1 is 1.13 bits per heavy atom. The summed E-state index contributed by atoms with van der Waals surface area (Å²) in [7, 11) is 1.56. The van der Waals surface area contributed by atoms with Crippen molar-refractivity contribution in [3.05, 3.63) is 63.6 Å². The predicted molar refractivity (Wildman–Crippen MR) is 91.2 cm³/mol. The minimum atomic E-state index is -0.387. The molecule has 0 spiro atoms. The average Bonchev–Trinajstić information content (AvgIpc) is 2.53. The highest BCUT2D eigenvalue weighted by atomic mass is 79.9. The summed E-state index contributed by atoms with van der Waals surface area (Å²) in [6.45, 7) is 1.94. The smallest absolute Gasteiger partial charge is 0.270 e. The summed E-state index contributed by atoms with van der Waals surface area (Å²) < 4.78 is 5.90. The van der Waals surface area contributed by atoms with E-state index < -0.39 is 0 Å². The summed E-state index contributed by atoms with van der Waals surface area (Å²) in [6, 6.07) is 12.6. The van der Waals surface area contributed by atoms with Crippen LogP contribution in [0, 0.1) is 6.92 Å². The number of rotatable bonds is 4. The number of amides is 2. The first kappa shape index (κ1) is 17.0. The van der Waals surface area contributed by atoms with E-state index in [1.54, 1.807) is 25.3 Å². The zero-order valence-corrected chi connectivity index (χ0v) is 14.4. The van der Waals surface area contributed by atoms with E-state index in [1.165, 1.54) is 0 Å². The van der Waals surface area contributed by atoms with E-state index >= 15 is 0 Å². The summed E-state index contributed by atoms with van der Waals surface area (Å²) in [5.41, 5.74) is 7.06. The molecule has 0 atom stereocenters. The maximum atomic E-state index is 12.0. The molecule has 0 aromatic heterocycles. The summed E-state index contributed by atoms with van der Waals surface area (Å²) in [4.78, 5) is 24.0. The van der Waals surface area contributed by atoms with Crippen LogP contribution in [0.1, 0.15) is 21.5 Å². The van der Waals surface area contributed by atoms with Gasteiger partial charge in [-0.25, -0.2) is 0 Å². The van der Waals surface area contributed by atoms with Gasteiger partial charge in [-0.05, 0) is 41.1 Å². The Labute approximate surface area is 143 Å². The minimum absolute atomic E-state index is 0.112. The zero-order chi connectivity index (χ0) is 16.8. The van der Waals surface area contributed by atoms with Crippen LogP contribution in [0.3, 0.4) is 0 Å². The van der Waals surface area contributed by atoms with Gasteiger partial charge in [0.2, 0.25) is 5.91 Å². The standard InChI is InChI=1S/C17H17BrN2O3/c1-11-7-8-15(23-2)12(9-11)10-16(21)19-20-17(22)13-5-3-4-6-14(13)18/h3-9H,10H2,1-2H3,(H,19,21)(H,20,22). The second kappa shape index (κ2) is 7.78. The third-order valence-corrected chi connectivity index (χ3v) is 3.91. The minimum Gasteiger partial charge on any atom is -0.496 e. The summed E-state index contributed by atoms with van der Waals surface area (Å²) in [5.74, 6) is -0.0702. The molecule has 0 saturated carbocycles. The lowest BCUT2D eigenvalue weighted by atomic mass is 10.1. The van der Waals surface area contributed by atoms with E-state index in [4.69, 9.17) is 4.74 Å². The molecule has 2 aromatic rings. The molecule has 0 radical (unpaired) electrons. The van der Waals surface area contributed by atoms with Crippen molar-refractivity contribution in [2.45, 2.75) is 13.3 Å². The molecule has 2 aromatic carbocycles. The van der Waals surface area contributed by atoms with Gasteiger partial charge in [-0.2, -0.15) is 0 Å². The highest BCUT2D eigenvalue weighted by molar-refractivity contribution is 9.10. The van der Waals surface area contributed by atoms with Crippen LogP contribution in [0.4, 0.5) is 0 Å². The fourth-order valence-corrected chi connectivity index (χ4v) is 2.57. The summed E-state index contributed by atoms with van der Waals surface area (Å²) >= 11 is 3.29. The van der Waals surface area contributed by atoms with E-state index in [1.807, 2.05) is 31.2 Å². The number of halogens is 1. The lowest BCUT2D eigenvalue weighted by molar-refractivity contribution is -0.121. The van der Waals surface area contributed by atoms with Gasteiger partial charge in [-0.1, -0.05) is 29.8 Å². The Kier molecular flexibility index (Phi) is 5.76. The number of carbonyl (C=O) groups excluding carboxylic acids is 2. The van der Waals surface area contributed by atoms with Crippen molar-refractivity contribution in [2.24, 2.45) is 0 Å². The van der Waals surface area contributed by atoms with Crippen LogP contribution in [0.5, 0.6) is 5.75 Å². The number of carbonyl (C=O) groups is 2. The topological polar surface area (TPSA) is 67.4 Å². The van der Waals surface area contributed by atoms with Crippen molar-refractivity contribution >= 4 is 27.7 Å². The number of hydrazine groups is 1. The van der Waals surface area contributed by atoms with Crippen LogP contribution in [0.15, 0.2) is 46.9 Å². The first-order valence-corrected chi connectivity index (χ1v) is 7.78. The Bertz CT molecular complexity index is 732. The maximum Gasteiger partial charge on any atom is 0.270 e. The molecule has 0 saturated heterocycles. The van der Waals surface area contributed by atoms with Crippen molar-refractivity contribution in [3.63, 3.8) is 0 Å². The molecule has 23 heavy (non-hydrogen) atoms. The van der Waals surface area contributed by atoms with E-state index in [-0.39, 0.29) is 18.2 Å². The van der Waals surface area contributed by atoms with Gasteiger partial charge in [0.25, 0.3) is 5.91 Å². The normalized spacial score (nSPS) is 10.0. The zero-order valence-electron chi connectivity index (χ0n) is 12.9. The van der Waals surface area contributed by atoms with Crippen molar-refractivity contribution < 1.29 is 14.3 Å². The summed E-state index contributed by atoms with van der Waals surface area (Å²) in [6.07, 6.45) is 0.112. The predicted octanol–water partition coefficient (Wildman–Crippen LogP) is 2.77. The van der Waals surface area contributed by atoms with Crippen LogP contribution in [-0.4, -0.2) is 18.9 Å². The fourth-order valence-electron chi connectivity index (χ4n) is 2.10. The second-order valence-electron chi connectivity index (χ2n) is 4.97. The number of aryl methyl sites for hydroxylation is 1. The van der Waals surface area contributed by atoms with Crippen molar-refractivity contribution in [1.82, 2.24) is 10.9 Å². The quantitative estimate of drug-likeness (QED) is 0.806. The molecule has 0 bridgehead atoms. The van der Waals surface area contributed by atoms with Gasteiger partial charge in [0.1, 0.15) is 5.75 Å². The number of nitrogens with one attached hydrogen (secondary N) is 2. The molecule has 120 valence electrons. The van der Waals surface area contributed by atoms with Crippen molar-refractivity contribution in [1.29, 1.82) is 0 Å². The van der Waals surface area contributed by atoms with Crippen molar-refractivity contribution in [2.75, 3.05) is 7.11 Å². The van der Waals surface area contributed by atoms with Gasteiger partial charge in [0.05, 0.1) is 19.1 Å². The molecule has 0 fully saturated rings. The monoisotopic (exact) mass is 376 g/mol. The SMILES string of the molecule is COc1ccc(C)cc1CC(=O)NNC(=O)c1ccccc1Br. The van der Waals surface area contributed by atoms with Gasteiger partial charge < -0.3 is 4.74 Å². The Morgan fingerprint density at radius 3 is 2.57 bits per heavy atom. The molecule has 2 amide bonds. The number of hydrogen-bond acceptors (Lipinski definition) is 3. The number of benzene rings is 2. The van der Waals surface area contributed by atoms with Gasteiger partial charge >= 0.3 is 0 Å². The number of ether oxygens (including phenoxy) is 1. The average molecular weight is 377 g/mol. The molecular formula is C17H17BrN2O3. The molecule has 2 rings (SSSR count). The molecule has 2 N–H and O–H groups in total.